The molecular formula is C13H18BN5Si. The van der Waals surface area contributed by atoms with Crippen molar-refractivity contribution in [3.05, 3.63) is 18.0 Å². The highest BCUT2D eigenvalue weighted by atomic mass is 28.3. The number of hydrogen-bond acceptors (Lipinski definition) is 4. The lowest BCUT2D eigenvalue weighted by atomic mass is 10.1. The number of nitrogens with one attached hydrogen (secondary N) is 2. The lowest BCUT2D eigenvalue weighted by Crippen LogP contribution is -2.41. The van der Waals surface area contributed by atoms with Crippen molar-refractivity contribution in [3.8, 4) is 0 Å². The Balaban J connectivity index is 1.90. The predicted molar refractivity (Wildman–Crippen MR) is 84.2 cm³/mol. The topological polar surface area (TPSA) is 66.5 Å². The highest BCUT2D eigenvalue weighted by Crippen LogP contribution is 2.39. The third-order valence-corrected chi connectivity index (χ3v) is 5.46. The molecule has 0 aromatic carbocycles. The molecule has 0 amide bonds. The van der Waals surface area contributed by atoms with E-state index in [1.807, 2.05) is 6.20 Å². The minimum absolute atomic E-state index is 0.285. The highest BCUT2D eigenvalue weighted by Gasteiger charge is 2.26. The normalized spacial score (nSPS) is 15.3. The third-order valence-electron chi connectivity index (χ3n) is 3.48. The van der Waals surface area contributed by atoms with Crippen LogP contribution in [0.15, 0.2) is 12.3 Å². The summed E-state index contributed by atoms with van der Waals surface area (Å²) in [4.78, 5) is 8.47. The van der Waals surface area contributed by atoms with Crippen LogP contribution in [-0.4, -0.2) is 36.1 Å². The quantitative estimate of drug-likeness (QED) is 0.826. The summed E-state index contributed by atoms with van der Waals surface area (Å²) in [5.41, 5.74) is 1.48. The second-order valence-electron chi connectivity index (χ2n) is 6.35. The maximum absolute atomic E-state index is 5.71. The second kappa shape index (κ2) is 4.73. The van der Waals surface area contributed by atoms with E-state index in [1.54, 1.807) is 0 Å². The van der Waals surface area contributed by atoms with Gasteiger partial charge in [0.1, 0.15) is 5.82 Å². The first-order valence-corrected chi connectivity index (χ1v) is 10.4. The third kappa shape index (κ3) is 2.77. The minimum atomic E-state index is -1.54. The number of anilines is 2. The van der Waals surface area contributed by atoms with Crippen molar-refractivity contribution in [2.45, 2.75) is 38.4 Å². The molecule has 1 fully saturated rings. The van der Waals surface area contributed by atoms with Gasteiger partial charge in [-0.05, 0) is 18.0 Å². The molecule has 1 aliphatic rings. The minimum Gasteiger partial charge on any atom is -0.323 e. The van der Waals surface area contributed by atoms with Crippen molar-refractivity contribution in [1.82, 2.24) is 20.2 Å². The summed E-state index contributed by atoms with van der Waals surface area (Å²) < 4.78 is 0. The Bertz CT molecular complexity index is 630. The van der Waals surface area contributed by atoms with E-state index in [0.717, 1.165) is 16.8 Å². The van der Waals surface area contributed by atoms with Crippen molar-refractivity contribution in [3.63, 3.8) is 0 Å². The Morgan fingerprint density at radius 3 is 2.75 bits per heavy atom. The van der Waals surface area contributed by atoms with Gasteiger partial charge in [0.2, 0.25) is 0 Å². The number of hydrogen-bond donors (Lipinski definition) is 2. The van der Waals surface area contributed by atoms with Crippen LogP contribution in [0.25, 0.3) is 0 Å². The van der Waals surface area contributed by atoms with Gasteiger partial charge >= 0.3 is 0 Å². The molecule has 102 valence electrons. The van der Waals surface area contributed by atoms with Crippen molar-refractivity contribution < 1.29 is 0 Å². The number of aromatic nitrogens is 4. The number of rotatable bonds is 4. The maximum atomic E-state index is 5.71. The van der Waals surface area contributed by atoms with E-state index in [-0.39, 0.29) is 5.72 Å². The molecular weight excluding hydrogens is 265 g/mol. The van der Waals surface area contributed by atoms with Crippen LogP contribution >= 0.6 is 0 Å². The summed E-state index contributed by atoms with van der Waals surface area (Å²) >= 11 is 0. The zero-order valence-electron chi connectivity index (χ0n) is 12.1. The Labute approximate surface area is 121 Å². The van der Waals surface area contributed by atoms with Crippen LogP contribution in [0.1, 0.15) is 24.5 Å². The molecule has 0 saturated heterocycles. The molecule has 0 unspecified atom stereocenters. The molecule has 2 heterocycles. The van der Waals surface area contributed by atoms with Crippen molar-refractivity contribution >= 4 is 38.5 Å². The van der Waals surface area contributed by atoms with Crippen LogP contribution in [0.3, 0.4) is 0 Å². The standard InChI is InChI=1S/C13H18BN5Si/c1-20(2,3)10-7-15-13(14)17-12(10)16-11-6-9(18-19-11)8-4-5-8/h6-8H,4-5H2,1-3H3,(H2,15,16,17,18,19). The van der Waals surface area contributed by atoms with E-state index in [9.17, 15) is 0 Å². The maximum Gasteiger partial charge on any atom is 0.170 e. The SMILES string of the molecule is [B]c1ncc([Si](C)(C)C)c(Nc2cc(C3CC3)[nH]n2)n1. The van der Waals surface area contributed by atoms with Crippen LogP contribution in [0.5, 0.6) is 0 Å². The van der Waals surface area contributed by atoms with E-state index in [0.29, 0.717) is 5.92 Å². The van der Waals surface area contributed by atoms with Crippen molar-refractivity contribution in [2.75, 3.05) is 5.32 Å². The van der Waals surface area contributed by atoms with Crippen LogP contribution in [0, 0.1) is 0 Å². The van der Waals surface area contributed by atoms with Crippen LogP contribution in [-0.2, 0) is 0 Å². The van der Waals surface area contributed by atoms with Gasteiger partial charge in [0.15, 0.2) is 13.7 Å². The molecule has 7 heteroatoms. The molecule has 5 nitrogen and oxygen atoms in total. The monoisotopic (exact) mass is 283 g/mol. The fourth-order valence-electron chi connectivity index (χ4n) is 2.17. The fraction of sp³-hybridized carbons (Fsp3) is 0.462. The Hall–Kier alpha value is -1.63. The second-order valence-corrected chi connectivity index (χ2v) is 11.4. The molecule has 0 aliphatic heterocycles. The van der Waals surface area contributed by atoms with E-state index >= 15 is 0 Å². The Morgan fingerprint density at radius 2 is 2.10 bits per heavy atom. The molecule has 1 saturated carbocycles. The lowest BCUT2D eigenvalue weighted by Gasteiger charge is -2.20. The average Bonchev–Trinajstić information content (AvgIpc) is 3.09. The summed E-state index contributed by atoms with van der Waals surface area (Å²) in [7, 11) is 4.17. The summed E-state index contributed by atoms with van der Waals surface area (Å²) in [5, 5.41) is 11.8. The first kappa shape index (κ1) is 13.4. The van der Waals surface area contributed by atoms with Crippen LogP contribution in [0.4, 0.5) is 11.6 Å². The molecule has 0 atom stereocenters. The van der Waals surface area contributed by atoms with Crippen LogP contribution in [0.2, 0.25) is 19.6 Å². The van der Waals surface area contributed by atoms with E-state index in [4.69, 9.17) is 7.85 Å². The first-order valence-electron chi connectivity index (χ1n) is 6.89. The molecule has 2 radical (unpaired) electrons. The molecule has 2 aromatic rings. The van der Waals surface area contributed by atoms with Gasteiger partial charge in [0, 0.05) is 23.9 Å². The van der Waals surface area contributed by atoms with E-state index in [2.05, 4.69) is 51.2 Å². The largest absolute Gasteiger partial charge is 0.323 e. The molecule has 20 heavy (non-hydrogen) atoms. The number of H-pyrrole nitrogens is 1. The van der Waals surface area contributed by atoms with E-state index < -0.39 is 8.07 Å². The summed E-state index contributed by atoms with van der Waals surface area (Å²) in [5.74, 6) is 2.24. The van der Waals surface area contributed by atoms with Gasteiger partial charge in [-0.1, -0.05) is 19.6 Å². The molecule has 1 aliphatic carbocycles. The number of nitrogens with zero attached hydrogens (tertiary/aromatic N) is 3. The van der Waals surface area contributed by atoms with Gasteiger partial charge in [-0.2, -0.15) is 5.10 Å². The summed E-state index contributed by atoms with van der Waals surface area (Å²) in [6.45, 7) is 6.77. The molecule has 0 spiro atoms. The molecule has 2 aromatic heterocycles. The Kier molecular flexibility index (Phi) is 3.16. The molecule has 2 N–H and O–H groups in total. The van der Waals surface area contributed by atoms with Gasteiger partial charge in [0.05, 0.1) is 13.8 Å². The Morgan fingerprint density at radius 1 is 1.35 bits per heavy atom. The average molecular weight is 283 g/mol. The lowest BCUT2D eigenvalue weighted by molar-refractivity contribution is 0.966. The van der Waals surface area contributed by atoms with Crippen molar-refractivity contribution in [1.29, 1.82) is 0 Å². The van der Waals surface area contributed by atoms with Crippen molar-refractivity contribution in [2.24, 2.45) is 0 Å². The predicted octanol–water partition coefficient (Wildman–Crippen LogP) is 1.16. The van der Waals surface area contributed by atoms with Gasteiger partial charge in [-0.25, -0.2) is 4.98 Å². The highest BCUT2D eigenvalue weighted by molar-refractivity contribution is 6.89. The zero-order valence-corrected chi connectivity index (χ0v) is 13.1. The summed E-state index contributed by atoms with van der Waals surface area (Å²) in [6.07, 6.45) is 4.34. The van der Waals surface area contributed by atoms with Gasteiger partial charge in [0.25, 0.3) is 0 Å². The fourth-order valence-corrected chi connectivity index (χ4v) is 3.45. The smallest absolute Gasteiger partial charge is 0.170 e. The van der Waals surface area contributed by atoms with E-state index in [1.165, 1.54) is 18.5 Å². The molecule has 3 rings (SSSR count). The molecule has 0 bridgehead atoms. The zero-order chi connectivity index (χ0) is 14.3. The van der Waals surface area contributed by atoms with Gasteiger partial charge in [-0.3, -0.25) is 10.1 Å². The van der Waals surface area contributed by atoms with Gasteiger partial charge in [-0.15, -0.1) is 0 Å². The number of aromatic amines is 1. The summed E-state index contributed by atoms with van der Waals surface area (Å²) in [6, 6.07) is 2.06. The van der Waals surface area contributed by atoms with Gasteiger partial charge < -0.3 is 5.32 Å². The van der Waals surface area contributed by atoms with Crippen LogP contribution < -0.4 is 16.2 Å². The first-order chi connectivity index (χ1) is 9.43.